The number of hydrogen-bond donors (Lipinski definition) is 1. The summed E-state index contributed by atoms with van der Waals surface area (Å²) in [4.78, 5) is 0. The molecule has 0 saturated heterocycles. The molecule has 1 aromatic carbocycles. The quantitative estimate of drug-likeness (QED) is 0.884. The van der Waals surface area contributed by atoms with Crippen LogP contribution in [-0.2, 0) is 6.42 Å². The number of aliphatic hydroxyl groups excluding tert-OH is 1. The molecule has 3 heteroatoms. The van der Waals surface area contributed by atoms with E-state index in [2.05, 4.69) is 15.9 Å². The van der Waals surface area contributed by atoms with E-state index in [9.17, 15) is 9.50 Å². The SMILES string of the molecule is OC(Cc1ccc(F)cc1Br)C1CC1. The van der Waals surface area contributed by atoms with Gasteiger partial charge in [-0.25, -0.2) is 4.39 Å². The third-order valence-electron chi connectivity index (χ3n) is 2.61. The first-order valence-electron chi connectivity index (χ1n) is 4.79. The van der Waals surface area contributed by atoms with Crippen LogP contribution in [0.1, 0.15) is 18.4 Å². The maximum Gasteiger partial charge on any atom is 0.124 e. The van der Waals surface area contributed by atoms with E-state index in [1.807, 2.05) is 0 Å². The summed E-state index contributed by atoms with van der Waals surface area (Å²) in [5.74, 6) is 0.216. The second-order valence-electron chi connectivity index (χ2n) is 3.84. The van der Waals surface area contributed by atoms with Crippen molar-refractivity contribution in [2.45, 2.75) is 25.4 Å². The lowest BCUT2D eigenvalue weighted by Gasteiger charge is -2.10. The van der Waals surface area contributed by atoms with E-state index >= 15 is 0 Å². The van der Waals surface area contributed by atoms with Gasteiger partial charge in [0, 0.05) is 4.47 Å². The summed E-state index contributed by atoms with van der Waals surface area (Å²) in [6.07, 6.45) is 2.60. The minimum absolute atomic E-state index is 0.249. The summed E-state index contributed by atoms with van der Waals surface area (Å²) in [5, 5.41) is 9.72. The highest BCUT2D eigenvalue weighted by Gasteiger charge is 2.29. The standard InChI is InChI=1S/C11H12BrFO/c12-10-6-9(13)4-3-8(10)5-11(14)7-1-2-7/h3-4,6-7,11,14H,1-2,5H2. The van der Waals surface area contributed by atoms with Gasteiger partial charge in [0.1, 0.15) is 5.82 Å². The molecule has 0 radical (unpaired) electrons. The van der Waals surface area contributed by atoms with Crippen LogP contribution >= 0.6 is 15.9 Å². The topological polar surface area (TPSA) is 20.2 Å². The molecule has 1 fully saturated rings. The van der Waals surface area contributed by atoms with Crippen LogP contribution in [0.2, 0.25) is 0 Å². The lowest BCUT2D eigenvalue weighted by atomic mass is 10.1. The minimum Gasteiger partial charge on any atom is -0.392 e. The molecular formula is C11H12BrFO. The van der Waals surface area contributed by atoms with Crippen molar-refractivity contribution in [3.8, 4) is 0 Å². The van der Waals surface area contributed by atoms with Crippen molar-refractivity contribution in [3.63, 3.8) is 0 Å². The van der Waals surface area contributed by atoms with E-state index < -0.39 is 0 Å². The highest BCUT2D eigenvalue weighted by atomic mass is 79.9. The Morgan fingerprint density at radius 3 is 2.79 bits per heavy atom. The van der Waals surface area contributed by atoms with Crippen LogP contribution in [0.15, 0.2) is 22.7 Å². The van der Waals surface area contributed by atoms with E-state index in [-0.39, 0.29) is 11.9 Å². The Morgan fingerprint density at radius 1 is 1.50 bits per heavy atom. The van der Waals surface area contributed by atoms with E-state index in [1.165, 1.54) is 12.1 Å². The zero-order valence-corrected chi connectivity index (χ0v) is 9.30. The fourth-order valence-electron chi connectivity index (χ4n) is 1.56. The lowest BCUT2D eigenvalue weighted by Crippen LogP contribution is -2.13. The van der Waals surface area contributed by atoms with Gasteiger partial charge in [0.05, 0.1) is 6.10 Å². The van der Waals surface area contributed by atoms with Crippen LogP contribution in [0, 0.1) is 11.7 Å². The van der Waals surface area contributed by atoms with Gasteiger partial charge in [-0.15, -0.1) is 0 Å². The largest absolute Gasteiger partial charge is 0.392 e. The highest BCUT2D eigenvalue weighted by Crippen LogP contribution is 2.34. The highest BCUT2D eigenvalue weighted by molar-refractivity contribution is 9.10. The summed E-state index contributed by atoms with van der Waals surface area (Å²) in [5.41, 5.74) is 0.978. The molecule has 1 aliphatic rings. The van der Waals surface area contributed by atoms with Gasteiger partial charge in [0.2, 0.25) is 0 Å². The van der Waals surface area contributed by atoms with Crippen molar-refractivity contribution in [1.29, 1.82) is 0 Å². The monoisotopic (exact) mass is 258 g/mol. The molecule has 0 heterocycles. The minimum atomic E-state index is -0.267. The first-order chi connectivity index (χ1) is 6.66. The van der Waals surface area contributed by atoms with Crippen molar-refractivity contribution in [1.82, 2.24) is 0 Å². The number of benzene rings is 1. The summed E-state index contributed by atoms with van der Waals surface area (Å²) in [7, 11) is 0. The summed E-state index contributed by atoms with van der Waals surface area (Å²) >= 11 is 3.29. The predicted octanol–water partition coefficient (Wildman–Crippen LogP) is 2.90. The van der Waals surface area contributed by atoms with Gasteiger partial charge >= 0.3 is 0 Å². The van der Waals surface area contributed by atoms with Crippen LogP contribution in [0.4, 0.5) is 4.39 Å². The molecule has 1 unspecified atom stereocenters. The average Bonchev–Trinajstić information content (AvgIpc) is 2.92. The fourth-order valence-corrected chi connectivity index (χ4v) is 2.07. The predicted molar refractivity (Wildman–Crippen MR) is 56.5 cm³/mol. The normalized spacial score (nSPS) is 18.2. The number of halogens is 2. The van der Waals surface area contributed by atoms with E-state index in [0.717, 1.165) is 22.9 Å². The van der Waals surface area contributed by atoms with Crippen molar-refractivity contribution in [2.75, 3.05) is 0 Å². The molecule has 0 bridgehead atoms. The van der Waals surface area contributed by atoms with Gasteiger partial charge in [0.25, 0.3) is 0 Å². The Labute approximate surface area is 91.1 Å². The molecular weight excluding hydrogens is 247 g/mol. The molecule has 0 aliphatic heterocycles. The molecule has 0 amide bonds. The molecule has 0 aromatic heterocycles. The molecule has 0 spiro atoms. The van der Waals surface area contributed by atoms with Crippen molar-refractivity contribution < 1.29 is 9.50 Å². The van der Waals surface area contributed by atoms with Gasteiger partial charge in [-0.1, -0.05) is 22.0 Å². The van der Waals surface area contributed by atoms with Crippen LogP contribution in [0.5, 0.6) is 0 Å². The zero-order valence-electron chi connectivity index (χ0n) is 7.71. The van der Waals surface area contributed by atoms with E-state index in [1.54, 1.807) is 6.07 Å². The molecule has 1 atom stereocenters. The van der Waals surface area contributed by atoms with Crippen LogP contribution in [0.3, 0.4) is 0 Å². The van der Waals surface area contributed by atoms with Gasteiger partial charge in [0.15, 0.2) is 0 Å². The number of aliphatic hydroxyl groups is 1. The Bertz CT molecular complexity index is 336. The second kappa shape index (κ2) is 3.99. The smallest absolute Gasteiger partial charge is 0.124 e. The Morgan fingerprint density at radius 2 is 2.21 bits per heavy atom. The average molecular weight is 259 g/mol. The molecule has 1 nitrogen and oxygen atoms in total. The van der Waals surface area contributed by atoms with Gasteiger partial charge in [-0.3, -0.25) is 0 Å². The fraction of sp³-hybridized carbons (Fsp3) is 0.455. The summed E-state index contributed by atoms with van der Waals surface area (Å²) in [6.45, 7) is 0. The number of rotatable bonds is 3. The lowest BCUT2D eigenvalue weighted by molar-refractivity contribution is 0.151. The van der Waals surface area contributed by atoms with Crippen LogP contribution < -0.4 is 0 Å². The van der Waals surface area contributed by atoms with Gasteiger partial charge in [-0.05, 0) is 42.9 Å². The van der Waals surface area contributed by atoms with E-state index in [0.29, 0.717) is 12.3 Å². The van der Waals surface area contributed by atoms with Crippen LogP contribution in [-0.4, -0.2) is 11.2 Å². The molecule has 76 valence electrons. The number of hydrogen-bond acceptors (Lipinski definition) is 1. The summed E-state index contributed by atoms with van der Waals surface area (Å²) in [6, 6.07) is 4.60. The van der Waals surface area contributed by atoms with Gasteiger partial charge in [-0.2, -0.15) is 0 Å². The third kappa shape index (κ3) is 2.34. The maximum absolute atomic E-state index is 12.8. The van der Waals surface area contributed by atoms with Crippen LogP contribution in [0.25, 0.3) is 0 Å². The molecule has 1 N–H and O–H groups in total. The molecule has 1 aromatic rings. The Kier molecular flexibility index (Phi) is 2.88. The van der Waals surface area contributed by atoms with E-state index in [4.69, 9.17) is 0 Å². The first kappa shape index (κ1) is 10.1. The third-order valence-corrected chi connectivity index (χ3v) is 3.35. The Balaban J connectivity index is 2.07. The molecule has 14 heavy (non-hydrogen) atoms. The van der Waals surface area contributed by atoms with Crippen molar-refractivity contribution in [3.05, 3.63) is 34.1 Å². The maximum atomic E-state index is 12.8. The van der Waals surface area contributed by atoms with Crippen molar-refractivity contribution in [2.24, 2.45) is 5.92 Å². The summed E-state index contributed by atoms with van der Waals surface area (Å²) < 4.78 is 13.5. The van der Waals surface area contributed by atoms with Crippen molar-refractivity contribution >= 4 is 15.9 Å². The molecule has 2 rings (SSSR count). The van der Waals surface area contributed by atoms with Gasteiger partial charge < -0.3 is 5.11 Å². The zero-order chi connectivity index (χ0) is 10.1. The molecule has 1 aliphatic carbocycles. The molecule has 1 saturated carbocycles. The first-order valence-corrected chi connectivity index (χ1v) is 5.58. The Hall–Kier alpha value is -0.410. The second-order valence-corrected chi connectivity index (χ2v) is 4.70.